The Morgan fingerprint density at radius 1 is 0.795 bits per heavy atom. The molecule has 0 bridgehead atoms. The van der Waals surface area contributed by atoms with Crippen LogP contribution >= 0.6 is 15.8 Å². The first kappa shape index (κ1) is 35.8. The van der Waals surface area contributed by atoms with Crippen molar-refractivity contribution in [2.24, 2.45) is 0 Å². The van der Waals surface area contributed by atoms with Crippen LogP contribution in [0, 0.1) is 3.57 Å². The molecule has 44 heavy (non-hydrogen) atoms. The van der Waals surface area contributed by atoms with Crippen molar-refractivity contribution in [3.05, 3.63) is 69.3 Å². The number of nitrogens with zero attached hydrogens (tertiary/aromatic N) is 2. The summed E-state index contributed by atoms with van der Waals surface area (Å²) >= 11 is -0.0174. The first-order chi connectivity index (χ1) is 21.4. The van der Waals surface area contributed by atoms with Crippen LogP contribution in [-0.2, 0) is 23.7 Å². The third-order valence-corrected chi connectivity index (χ3v) is 21.2. The number of rotatable bonds is 19. The van der Waals surface area contributed by atoms with E-state index in [2.05, 4.69) is 69.7 Å². The average molecular weight is 839 g/mol. The number of benzene rings is 2. The predicted octanol–water partition coefficient (Wildman–Crippen LogP) is 1.64. The second-order valence-corrected chi connectivity index (χ2v) is 30.1. The number of alkyl halides is 2. The number of halogens is 2. The molecule has 1 N–H and O–H groups in total. The average Bonchev–Trinajstić information content (AvgIpc) is 3.86. The molecule has 0 aliphatic carbocycles. The molecule has 2 aliphatic rings. The molecule has 11 heteroatoms. The number of carbonyl (C=O) groups is 1. The van der Waals surface area contributed by atoms with Gasteiger partial charge in [-0.1, -0.05) is 0 Å². The number of nitrogens with one attached hydrogen (secondary N) is 1. The Labute approximate surface area is 277 Å². The van der Waals surface area contributed by atoms with Gasteiger partial charge in [-0.3, -0.25) is 0 Å². The van der Waals surface area contributed by atoms with Crippen LogP contribution in [0.25, 0.3) is 0 Å². The Hall–Kier alpha value is -1.07. The van der Waals surface area contributed by atoms with E-state index in [4.69, 9.17) is 23.7 Å². The third-order valence-electron chi connectivity index (χ3n) is 7.09. The molecule has 248 valence electrons. The second-order valence-electron chi connectivity index (χ2n) is 11.6. The molecular formula is C33H50I2N3O6-. The molecule has 2 heterocycles. The van der Waals surface area contributed by atoms with Crippen molar-refractivity contribution in [3.63, 3.8) is 0 Å². The summed E-state index contributed by atoms with van der Waals surface area (Å²) in [6.07, 6.45) is -0.434. The Bertz CT molecular complexity index is 1080. The minimum absolute atomic E-state index is 0.322. The van der Waals surface area contributed by atoms with Gasteiger partial charge in [-0.05, 0) is 20.8 Å². The number of ether oxygens (including phenoxy) is 5. The van der Waals surface area contributed by atoms with Crippen molar-refractivity contribution in [1.29, 1.82) is 0 Å². The zero-order valence-electron chi connectivity index (χ0n) is 26.5. The summed E-state index contributed by atoms with van der Waals surface area (Å²) in [6.45, 7) is 15.4. The van der Waals surface area contributed by atoms with E-state index in [1.54, 1.807) is 6.00 Å². The molecule has 1 atom stereocenters. The van der Waals surface area contributed by atoms with Crippen LogP contribution in [0.3, 0.4) is 0 Å². The van der Waals surface area contributed by atoms with Gasteiger partial charge in [0.1, 0.15) is 5.60 Å². The van der Waals surface area contributed by atoms with Crippen molar-refractivity contribution in [1.82, 2.24) is 15.1 Å². The van der Waals surface area contributed by atoms with Gasteiger partial charge in [-0.2, -0.15) is 0 Å². The van der Waals surface area contributed by atoms with Crippen LogP contribution in [0.15, 0.2) is 54.6 Å². The van der Waals surface area contributed by atoms with E-state index < -0.39 is 27.5 Å². The van der Waals surface area contributed by atoms with Crippen LogP contribution in [0.1, 0.15) is 37.9 Å². The second kappa shape index (κ2) is 19.6. The van der Waals surface area contributed by atoms with Crippen LogP contribution in [0.5, 0.6) is 0 Å². The Kier molecular flexibility index (Phi) is 15.9. The predicted molar refractivity (Wildman–Crippen MR) is 178 cm³/mol. The number of piperazine rings is 1. The standard InChI is InChI=1S/C33H50I2N3O6/c1-33(2,3)44-32(39)36-13-19-40-21-23-42-25-26-43-24-22-41-20-18-37-14-16-38(17-15-37)31(28-7-5-4-6-8-28)29-9-11-30(12-10-29)35-27-34-35/h4-12,31H,13-27H2,1-3H3,(H,36,39)/q-1. The van der Waals surface area contributed by atoms with E-state index in [1.165, 1.54) is 11.1 Å². The minimum atomic E-state index is -0.608. The van der Waals surface area contributed by atoms with Gasteiger partial charge in [-0.15, -0.1) is 0 Å². The molecule has 0 saturated carbocycles. The van der Waals surface area contributed by atoms with Crippen LogP contribution in [0.4, 0.5) is 4.79 Å². The molecule has 2 aromatic rings. The normalized spacial score (nSPS) is 17.6. The van der Waals surface area contributed by atoms with Crippen molar-refractivity contribution in [2.45, 2.75) is 32.4 Å². The van der Waals surface area contributed by atoms with E-state index in [0.29, 0.717) is 76.1 Å². The van der Waals surface area contributed by atoms with Gasteiger partial charge >= 0.3 is 171 Å². The SMILES string of the molecule is CC(C)(C)OC(=O)NCCOCCOCCOCCOCCN1CCN(C(c2ccccc2)c2ccc(I3C[I-]3)cc2)CC1. The molecule has 2 fully saturated rings. The van der Waals surface area contributed by atoms with E-state index in [1.807, 2.05) is 20.8 Å². The fourth-order valence-electron chi connectivity index (χ4n) is 4.91. The first-order valence-electron chi connectivity index (χ1n) is 15.5. The van der Waals surface area contributed by atoms with Crippen LogP contribution < -0.4 is 22.5 Å². The Morgan fingerprint density at radius 3 is 1.91 bits per heavy atom. The fourth-order valence-corrected chi connectivity index (χ4v) is 18.7. The summed E-state index contributed by atoms with van der Waals surface area (Å²) in [5.41, 5.74) is 2.32. The molecule has 1 unspecified atom stereocenters. The van der Waals surface area contributed by atoms with Gasteiger partial charge in [0.2, 0.25) is 0 Å². The van der Waals surface area contributed by atoms with Crippen molar-refractivity contribution >= 4 is 21.9 Å². The molecule has 2 saturated heterocycles. The van der Waals surface area contributed by atoms with Crippen LogP contribution in [0.2, 0.25) is 0 Å². The Balaban J connectivity index is 0.992. The monoisotopic (exact) mass is 838 g/mol. The van der Waals surface area contributed by atoms with E-state index in [-0.39, 0.29) is 0 Å². The van der Waals surface area contributed by atoms with Gasteiger partial charge in [0.25, 0.3) is 0 Å². The maximum absolute atomic E-state index is 11.5. The molecule has 0 radical (unpaired) electrons. The Morgan fingerprint density at radius 2 is 1.34 bits per heavy atom. The summed E-state index contributed by atoms with van der Waals surface area (Å²) in [6, 6.07) is 21.0. The molecule has 2 aliphatic heterocycles. The van der Waals surface area contributed by atoms with E-state index in [0.717, 1.165) is 39.3 Å². The zero-order valence-corrected chi connectivity index (χ0v) is 30.8. The van der Waals surface area contributed by atoms with Gasteiger partial charge in [0.15, 0.2) is 0 Å². The van der Waals surface area contributed by atoms with Crippen LogP contribution in [-0.4, -0.2) is 116 Å². The molecule has 2 aromatic carbocycles. The number of amides is 1. The van der Waals surface area contributed by atoms with E-state index >= 15 is 0 Å². The summed E-state index contributed by atoms with van der Waals surface area (Å²) in [5, 5.41) is 2.66. The van der Waals surface area contributed by atoms with Crippen molar-refractivity contribution in [2.75, 3.05) is 94.6 Å². The molecule has 1 amide bonds. The molecule has 9 nitrogen and oxygen atoms in total. The third kappa shape index (κ3) is 13.7. The molecule has 4 rings (SSSR count). The summed E-state index contributed by atoms with van der Waals surface area (Å²) in [7, 11) is 0. The van der Waals surface area contributed by atoms with Gasteiger partial charge in [0, 0.05) is 6.54 Å². The molecule has 0 aromatic heterocycles. The number of alkyl carbamates (subject to hydrolysis) is 1. The first-order valence-corrected chi connectivity index (χ1v) is 26.0. The van der Waals surface area contributed by atoms with Gasteiger partial charge in [-0.25, -0.2) is 4.79 Å². The summed E-state index contributed by atoms with van der Waals surface area (Å²) in [5.74, 6) is 0. The summed E-state index contributed by atoms with van der Waals surface area (Å²) < 4.78 is 30.9. The van der Waals surface area contributed by atoms with Gasteiger partial charge < -0.3 is 24.3 Å². The van der Waals surface area contributed by atoms with Crippen molar-refractivity contribution < 1.29 is 45.7 Å². The number of hydrogen-bond donors (Lipinski definition) is 1. The van der Waals surface area contributed by atoms with Crippen molar-refractivity contribution in [3.8, 4) is 0 Å². The topological polar surface area (TPSA) is 81.7 Å². The molecular weight excluding hydrogens is 788 g/mol. The van der Waals surface area contributed by atoms with Gasteiger partial charge in [0.05, 0.1) is 46.2 Å². The zero-order chi connectivity index (χ0) is 31.0. The summed E-state index contributed by atoms with van der Waals surface area (Å²) in [4.78, 5) is 16.7. The maximum atomic E-state index is 11.5. The fraction of sp³-hybridized carbons (Fsp3) is 0.606. The number of hydrogen-bond acceptors (Lipinski definition) is 8. The molecule has 0 spiro atoms. The van der Waals surface area contributed by atoms with E-state index in [9.17, 15) is 4.79 Å². The quantitative estimate of drug-likeness (QED) is 0.130. The number of carbonyl (C=O) groups excluding carboxylic acids is 1.